The normalized spacial score (nSPS) is 16.5. The average molecular weight is 711 g/mol. The van der Waals surface area contributed by atoms with Gasteiger partial charge in [0, 0.05) is 38.3 Å². The fourth-order valence-corrected chi connectivity index (χ4v) is 10.4. The molecular weight excluding hydrogens is 665 g/mol. The third-order valence-corrected chi connectivity index (χ3v) is 13.6. The molecule has 2 aliphatic carbocycles. The minimum absolute atomic E-state index is 0.00659. The molecule has 2 heteroatoms. The molecule has 2 nitrogen and oxygen atoms in total. The maximum atomic E-state index is 2.56. The Labute approximate surface area is 323 Å². The largest absolute Gasteiger partial charge is 0.309 e. The van der Waals surface area contributed by atoms with Crippen LogP contribution in [0.4, 0.5) is 0 Å². The van der Waals surface area contributed by atoms with E-state index in [2.05, 4.69) is 196 Å². The Balaban J connectivity index is 1.16. The van der Waals surface area contributed by atoms with Crippen LogP contribution >= 0.6 is 0 Å². The number of aromatic nitrogens is 2. The van der Waals surface area contributed by atoms with Gasteiger partial charge >= 0.3 is 0 Å². The zero-order chi connectivity index (χ0) is 37.4. The molecule has 2 aromatic heterocycles. The standard InChI is InChI=1S/C53H46N2/c1-51(2)26-27-52(3,4)46-32-50-40(29-45(46)51)42-31-48-41(38-17-11-13-19-47(38)54(48)35-14-8-7-9-15-35)30-49(42)55(50)36-23-20-33(21-24-36)34-22-25-44-39(28-34)37-16-10-12-18-43(37)53(44,5)6/h7-25,28-32H,26-27H2,1-6H3. The highest BCUT2D eigenvalue weighted by atomic mass is 15.0. The van der Waals surface area contributed by atoms with Crippen LogP contribution in [0.15, 0.2) is 146 Å². The first-order valence-corrected chi connectivity index (χ1v) is 20.0. The van der Waals surface area contributed by atoms with Crippen LogP contribution in [-0.2, 0) is 16.2 Å². The highest BCUT2D eigenvalue weighted by molar-refractivity contribution is 6.19. The number of rotatable bonds is 3. The van der Waals surface area contributed by atoms with Crippen molar-refractivity contribution in [2.75, 3.05) is 0 Å². The molecule has 0 aliphatic heterocycles. The lowest BCUT2D eigenvalue weighted by Gasteiger charge is -2.42. The molecule has 0 bridgehead atoms. The lowest BCUT2D eigenvalue weighted by atomic mass is 9.63. The maximum Gasteiger partial charge on any atom is 0.0548 e. The Kier molecular flexibility index (Phi) is 6.58. The molecule has 0 saturated carbocycles. The number of benzene rings is 7. The van der Waals surface area contributed by atoms with Gasteiger partial charge in [-0.3, -0.25) is 0 Å². The predicted molar refractivity (Wildman–Crippen MR) is 233 cm³/mol. The third-order valence-electron chi connectivity index (χ3n) is 13.6. The van der Waals surface area contributed by atoms with Crippen molar-refractivity contribution in [3.63, 3.8) is 0 Å². The average Bonchev–Trinajstić information content (AvgIpc) is 3.78. The van der Waals surface area contributed by atoms with E-state index in [4.69, 9.17) is 0 Å². The zero-order valence-corrected chi connectivity index (χ0v) is 32.7. The van der Waals surface area contributed by atoms with Crippen LogP contribution in [0, 0.1) is 0 Å². The Bertz CT molecular complexity index is 3040. The second-order valence-corrected chi connectivity index (χ2v) is 18.1. The molecule has 268 valence electrons. The number of para-hydroxylation sites is 2. The molecule has 0 unspecified atom stereocenters. The van der Waals surface area contributed by atoms with Gasteiger partial charge in [-0.2, -0.15) is 0 Å². The van der Waals surface area contributed by atoms with Gasteiger partial charge in [0.1, 0.15) is 0 Å². The molecule has 7 aromatic carbocycles. The van der Waals surface area contributed by atoms with Gasteiger partial charge in [-0.15, -0.1) is 0 Å². The van der Waals surface area contributed by atoms with Crippen molar-refractivity contribution in [1.82, 2.24) is 9.13 Å². The Morgan fingerprint density at radius 1 is 0.364 bits per heavy atom. The van der Waals surface area contributed by atoms with E-state index < -0.39 is 0 Å². The smallest absolute Gasteiger partial charge is 0.0548 e. The summed E-state index contributed by atoms with van der Waals surface area (Å²) in [5.41, 5.74) is 18.6. The van der Waals surface area contributed by atoms with Crippen LogP contribution in [0.25, 0.3) is 77.2 Å². The first-order valence-electron chi connectivity index (χ1n) is 20.0. The second-order valence-electron chi connectivity index (χ2n) is 18.1. The molecule has 2 aliphatic rings. The van der Waals surface area contributed by atoms with Gasteiger partial charge in [-0.25, -0.2) is 0 Å². The van der Waals surface area contributed by atoms with E-state index in [0.29, 0.717) is 0 Å². The number of hydrogen-bond acceptors (Lipinski definition) is 0. The predicted octanol–water partition coefficient (Wildman–Crippen LogP) is 14.2. The third kappa shape index (κ3) is 4.55. The summed E-state index contributed by atoms with van der Waals surface area (Å²) in [5, 5.41) is 5.18. The van der Waals surface area contributed by atoms with Crippen LogP contribution in [-0.4, -0.2) is 9.13 Å². The van der Waals surface area contributed by atoms with Gasteiger partial charge in [0.2, 0.25) is 0 Å². The number of nitrogens with zero attached hydrogens (tertiary/aromatic N) is 2. The molecule has 2 heterocycles. The van der Waals surface area contributed by atoms with Crippen LogP contribution in [0.2, 0.25) is 0 Å². The quantitative estimate of drug-likeness (QED) is 0.173. The van der Waals surface area contributed by atoms with E-state index in [0.717, 1.165) is 0 Å². The minimum Gasteiger partial charge on any atom is -0.309 e. The molecular formula is C53H46N2. The van der Waals surface area contributed by atoms with Gasteiger partial charge in [-0.05, 0) is 129 Å². The van der Waals surface area contributed by atoms with Gasteiger partial charge in [0.25, 0.3) is 0 Å². The fraction of sp³-hybridized carbons (Fsp3) is 0.208. The van der Waals surface area contributed by atoms with Gasteiger partial charge in [0.15, 0.2) is 0 Å². The summed E-state index contributed by atoms with van der Waals surface area (Å²) >= 11 is 0. The molecule has 0 atom stereocenters. The summed E-state index contributed by atoms with van der Waals surface area (Å²) in [7, 11) is 0. The summed E-state index contributed by atoms with van der Waals surface area (Å²) in [4.78, 5) is 0. The summed E-state index contributed by atoms with van der Waals surface area (Å²) in [6, 6.07) is 55.1. The van der Waals surface area contributed by atoms with E-state index >= 15 is 0 Å². The van der Waals surface area contributed by atoms with Crippen molar-refractivity contribution in [2.24, 2.45) is 0 Å². The molecule has 11 rings (SSSR count). The number of fused-ring (bicyclic) bond motifs is 10. The van der Waals surface area contributed by atoms with Crippen LogP contribution < -0.4 is 0 Å². The number of hydrogen-bond donors (Lipinski definition) is 0. The van der Waals surface area contributed by atoms with Crippen molar-refractivity contribution in [1.29, 1.82) is 0 Å². The lowest BCUT2D eigenvalue weighted by Crippen LogP contribution is -2.33. The van der Waals surface area contributed by atoms with E-state index in [9.17, 15) is 0 Å². The van der Waals surface area contributed by atoms with E-state index in [1.807, 2.05) is 0 Å². The van der Waals surface area contributed by atoms with E-state index in [1.165, 1.54) is 112 Å². The van der Waals surface area contributed by atoms with E-state index in [-0.39, 0.29) is 16.2 Å². The van der Waals surface area contributed by atoms with Crippen molar-refractivity contribution in [2.45, 2.75) is 70.6 Å². The molecule has 55 heavy (non-hydrogen) atoms. The van der Waals surface area contributed by atoms with Gasteiger partial charge < -0.3 is 9.13 Å². The molecule has 0 radical (unpaired) electrons. The SMILES string of the molecule is CC1(C)CCC(C)(C)c2cc3c(cc21)c1cc2c(cc1n3-c1ccc(-c3ccc4c(c3)-c3ccccc3C4(C)C)cc1)c1ccccc1n2-c1ccccc1. The van der Waals surface area contributed by atoms with Gasteiger partial charge in [0.05, 0.1) is 22.1 Å². The summed E-state index contributed by atoms with van der Waals surface area (Å²) in [5.74, 6) is 0. The summed E-state index contributed by atoms with van der Waals surface area (Å²) in [6.07, 6.45) is 2.38. The first-order chi connectivity index (χ1) is 26.5. The summed E-state index contributed by atoms with van der Waals surface area (Å²) < 4.78 is 4.99. The van der Waals surface area contributed by atoms with Crippen LogP contribution in [0.1, 0.15) is 76.6 Å². The topological polar surface area (TPSA) is 9.86 Å². The van der Waals surface area contributed by atoms with Gasteiger partial charge in [-0.1, -0.05) is 126 Å². The molecule has 0 fully saturated rings. The van der Waals surface area contributed by atoms with Crippen molar-refractivity contribution in [3.8, 4) is 33.6 Å². The second kappa shape index (κ2) is 11.1. The minimum atomic E-state index is 0.00659. The molecule has 0 amide bonds. The maximum absolute atomic E-state index is 2.56. The van der Waals surface area contributed by atoms with Crippen molar-refractivity contribution < 1.29 is 0 Å². The molecule has 9 aromatic rings. The highest BCUT2D eigenvalue weighted by Crippen LogP contribution is 2.51. The van der Waals surface area contributed by atoms with Crippen LogP contribution in [0.5, 0.6) is 0 Å². The highest BCUT2D eigenvalue weighted by Gasteiger charge is 2.38. The Morgan fingerprint density at radius 3 is 1.64 bits per heavy atom. The van der Waals surface area contributed by atoms with Crippen molar-refractivity contribution >= 4 is 43.6 Å². The lowest BCUT2D eigenvalue weighted by molar-refractivity contribution is 0.332. The molecule has 0 spiro atoms. The summed E-state index contributed by atoms with van der Waals surface area (Å²) in [6.45, 7) is 14.5. The molecule has 0 saturated heterocycles. The van der Waals surface area contributed by atoms with Crippen molar-refractivity contribution in [3.05, 3.63) is 168 Å². The van der Waals surface area contributed by atoms with Crippen LogP contribution in [0.3, 0.4) is 0 Å². The Morgan fingerprint density at radius 2 is 0.891 bits per heavy atom. The Hall–Kier alpha value is -5.86. The first kappa shape index (κ1) is 32.6. The van der Waals surface area contributed by atoms with E-state index in [1.54, 1.807) is 0 Å². The monoisotopic (exact) mass is 710 g/mol. The fourth-order valence-electron chi connectivity index (χ4n) is 10.4. The molecule has 0 N–H and O–H groups in total. The zero-order valence-electron chi connectivity index (χ0n) is 32.7.